The number of aromatic nitrogens is 4. The molecule has 0 bridgehead atoms. The summed E-state index contributed by atoms with van der Waals surface area (Å²) in [6.07, 6.45) is 3.41. The third-order valence-corrected chi connectivity index (χ3v) is 5.79. The van der Waals surface area contributed by atoms with Crippen LogP contribution in [-0.2, 0) is 0 Å². The molecule has 6 nitrogen and oxygen atoms in total. The topological polar surface area (TPSA) is 55.6 Å². The second-order valence-electron chi connectivity index (χ2n) is 6.92. The number of hydrogen-bond donors (Lipinski definition) is 0. The van der Waals surface area contributed by atoms with Crippen molar-refractivity contribution in [2.75, 3.05) is 18.6 Å². The quantitative estimate of drug-likeness (QED) is 0.445. The number of anilines is 1. The molecule has 0 saturated carbocycles. The highest BCUT2D eigenvalue weighted by molar-refractivity contribution is 9.10. The Hall–Kier alpha value is -2.81. The van der Waals surface area contributed by atoms with Gasteiger partial charge >= 0.3 is 0 Å². The number of nitrogens with zero attached hydrogens (tertiary/aromatic N) is 5. The minimum atomic E-state index is -0.441. The Labute approximate surface area is 173 Å². The van der Waals surface area contributed by atoms with Gasteiger partial charge < -0.3 is 9.64 Å². The molecule has 1 atom stereocenters. The second kappa shape index (κ2) is 6.91. The molecular weight excluding hydrogens is 444 g/mol. The van der Waals surface area contributed by atoms with E-state index in [1.807, 2.05) is 17.0 Å². The third kappa shape index (κ3) is 3.00. The molecule has 29 heavy (non-hydrogen) atoms. The van der Waals surface area contributed by atoms with Gasteiger partial charge in [-0.2, -0.15) is 4.98 Å². The van der Waals surface area contributed by atoms with E-state index >= 15 is 0 Å². The zero-order valence-electron chi connectivity index (χ0n) is 15.4. The van der Waals surface area contributed by atoms with E-state index in [2.05, 4.69) is 26.0 Å². The molecule has 9 heteroatoms. The van der Waals surface area contributed by atoms with Crippen molar-refractivity contribution in [3.63, 3.8) is 0 Å². The molecule has 5 rings (SSSR count). The first-order chi connectivity index (χ1) is 14.0. The maximum absolute atomic E-state index is 14.4. The predicted octanol–water partition coefficient (Wildman–Crippen LogP) is 4.67. The fourth-order valence-corrected chi connectivity index (χ4v) is 4.39. The van der Waals surface area contributed by atoms with Gasteiger partial charge in [-0.1, -0.05) is 0 Å². The molecular formula is C20H16BrF2N5O. The fourth-order valence-electron chi connectivity index (χ4n) is 3.91. The van der Waals surface area contributed by atoms with Crippen molar-refractivity contribution < 1.29 is 13.5 Å². The lowest BCUT2D eigenvalue weighted by Crippen LogP contribution is -2.24. The fraction of sp³-hybridized carbons (Fsp3) is 0.250. The van der Waals surface area contributed by atoms with Gasteiger partial charge in [-0.3, -0.25) is 0 Å². The van der Waals surface area contributed by atoms with E-state index < -0.39 is 11.6 Å². The number of halogens is 3. The number of pyridine rings is 1. The standard InChI is InChI=1S/C20H16BrF2N5O/c1-29-20-14(21)10-13-18(25-20)26-28-8-6-17(24-19(13)28)27-7-2-3-16(27)12-9-11(22)4-5-15(12)23/h4-6,8-10,16H,2-3,7H2,1H3/t16-/m1/s1. The van der Waals surface area contributed by atoms with Crippen LogP contribution in [0.4, 0.5) is 14.6 Å². The molecule has 0 spiro atoms. The highest BCUT2D eigenvalue weighted by Gasteiger charge is 2.30. The molecule has 0 radical (unpaired) electrons. The minimum absolute atomic E-state index is 0.264. The third-order valence-electron chi connectivity index (χ3n) is 5.23. The van der Waals surface area contributed by atoms with Crippen LogP contribution in [0.2, 0.25) is 0 Å². The van der Waals surface area contributed by atoms with Gasteiger partial charge in [0.25, 0.3) is 0 Å². The van der Waals surface area contributed by atoms with E-state index in [9.17, 15) is 8.78 Å². The maximum Gasteiger partial charge on any atom is 0.229 e. The molecule has 1 saturated heterocycles. The first-order valence-electron chi connectivity index (χ1n) is 9.16. The van der Waals surface area contributed by atoms with Crippen molar-refractivity contribution in [1.82, 2.24) is 19.6 Å². The summed E-state index contributed by atoms with van der Waals surface area (Å²) in [6.45, 7) is 0.714. The summed E-state index contributed by atoms with van der Waals surface area (Å²) in [7, 11) is 1.55. The molecule has 1 fully saturated rings. The number of benzene rings is 1. The lowest BCUT2D eigenvalue weighted by molar-refractivity contribution is 0.396. The summed E-state index contributed by atoms with van der Waals surface area (Å²) in [4.78, 5) is 11.2. The summed E-state index contributed by atoms with van der Waals surface area (Å²) in [5.41, 5.74) is 1.51. The van der Waals surface area contributed by atoms with Gasteiger partial charge in [0, 0.05) is 18.3 Å². The van der Waals surface area contributed by atoms with Crippen LogP contribution in [0.25, 0.3) is 16.7 Å². The van der Waals surface area contributed by atoms with Crippen LogP contribution in [-0.4, -0.2) is 33.2 Å². The molecule has 0 unspecified atom stereocenters. The van der Waals surface area contributed by atoms with Crippen molar-refractivity contribution in [3.8, 4) is 5.88 Å². The average molecular weight is 460 g/mol. The number of ether oxygens (including phenoxy) is 1. The summed E-state index contributed by atoms with van der Waals surface area (Å²) in [5, 5.41) is 5.22. The summed E-state index contributed by atoms with van der Waals surface area (Å²) >= 11 is 3.45. The monoisotopic (exact) mass is 459 g/mol. The summed E-state index contributed by atoms with van der Waals surface area (Å²) in [5.74, 6) is 0.294. The Bertz CT molecular complexity index is 1240. The molecule has 0 aliphatic carbocycles. The molecule has 1 aromatic carbocycles. The highest BCUT2D eigenvalue weighted by atomic mass is 79.9. The molecule has 1 aliphatic rings. The first kappa shape index (κ1) is 18.2. The molecule has 0 amide bonds. The second-order valence-corrected chi connectivity index (χ2v) is 7.78. The van der Waals surface area contributed by atoms with Gasteiger partial charge in [-0.15, -0.1) is 5.10 Å². The SMILES string of the molecule is COc1nc2nn3ccc(N4CCC[C@@H]4c4cc(F)ccc4F)nc3c2cc1Br. The van der Waals surface area contributed by atoms with Crippen LogP contribution in [0, 0.1) is 11.6 Å². The maximum atomic E-state index is 14.4. The molecule has 3 aromatic heterocycles. The van der Waals surface area contributed by atoms with Gasteiger partial charge in [0.2, 0.25) is 5.88 Å². The van der Waals surface area contributed by atoms with Crippen molar-refractivity contribution in [3.05, 3.63) is 58.2 Å². The summed E-state index contributed by atoms with van der Waals surface area (Å²) in [6, 6.07) is 7.03. The molecule has 4 aromatic rings. The number of rotatable bonds is 3. The van der Waals surface area contributed by atoms with Crippen molar-refractivity contribution >= 4 is 38.4 Å². The van der Waals surface area contributed by atoms with Gasteiger partial charge in [0.1, 0.15) is 17.5 Å². The van der Waals surface area contributed by atoms with E-state index in [0.29, 0.717) is 39.6 Å². The predicted molar refractivity (Wildman–Crippen MR) is 108 cm³/mol. The number of methoxy groups -OCH3 is 1. The number of hydrogen-bond acceptors (Lipinski definition) is 5. The minimum Gasteiger partial charge on any atom is -0.480 e. The largest absolute Gasteiger partial charge is 0.480 e. The molecule has 4 heterocycles. The van der Waals surface area contributed by atoms with Crippen LogP contribution in [0.1, 0.15) is 24.4 Å². The molecule has 1 aliphatic heterocycles. The van der Waals surface area contributed by atoms with E-state index in [1.165, 1.54) is 12.1 Å². The Kier molecular flexibility index (Phi) is 4.34. The molecule has 148 valence electrons. The lowest BCUT2D eigenvalue weighted by Gasteiger charge is -2.26. The van der Waals surface area contributed by atoms with Gasteiger partial charge in [-0.25, -0.2) is 18.3 Å². The lowest BCUT2D eigenvalue weighted by atomic mass is 10.0. The normalized spacial score (nSPS) is 16.8. The van der Waals surface area contributed by atoms with Crippen LogP contribution in [0.5, 0.6) is 5.88 Å². The zero-order chi connectivity index (χ0) is 20.1. The summed E-state index contributed by atoms with van der Waals surface area (Å²) < 4.78 is 35.7. The number of fused-ring (bicyclic) bond motifs is 3. The highest BCUT2D eigenvalue weighted by Crippen LogP contribution is 2.37. The van der Waals surface area contributed by atoms with Crippen LogP contribution < -0.4 is 9.64 Å². The van der Waals surface area contributed by atoms with Crippen molar-refractivity contribution in [2.45, 2.75) is 18.9 Å². The molecule has 0 N–H and O–H groups in total. The Morgan fingerprint density at radius 3 is 2.86 bits per heavy atom. The van der Waals surface area contributed by atoms with E-state index in [-0.39, 0.29) is 6.04 Å². The van der Waals surface area contributed by atoms with Crippen LogP contribution >= 0.6 is 15.9 Å². The van der Waals surface area contributed by atoms with E-state index in [4.69, 9.17) is 9.72 Å². The first-order valence-corrected chi connectivity index (χ1v) is 9.95. The van der Waals surface area contributed by atoms with Crippen LogP contribution in [0.15, 0.2) is 41.0 Å². The van der Waals surface area contributed by atoms with Gasteiger partial charge in [-0.05, 0) is 59.1 Å². The Balaban J connectivity index is 1.61. The zero-order valence-corrected chi connectivity index (χ0v) is 17.0. The Morgan fingerprint density at radius 1 is 1.17 bits per heavy atom. The van der Waals surface area contributed by atoms with Gasteiger partial charge in [0.15, 0.2) is 11.3 Å². The van der Waals surface area contributed by atoms with E-state index in [1.54, 1.807) is 17.8 Å². The van der Waals surface area contributed by atoms with Gasteiger partial charge in [0.05, 0.1) is 23.0 Å². The average Bonchev–Trinajstić information content (AvgIpc) is 3.33. The van der Waals surface area contributed by atoms with Crippen LogP contribution in [0.3, 0.4) is 0 Å². The van der Waals surface area contributed by atoms with Crippen molar-refractivity contribution in [1.29, 1.82) is 0 Å². The Morgan fingerprint density at radius 2 is 2.03 bits per heavy atom. The smallest absolute Gasteiger partial charge is 0.229 e. The van der Waals surface area contributed by atoms with E-state index in [0.717, 1.165) is 24.3 Å². The van der Waals surface area contributed by atoms with Crippen molar-refractivity contribution in [2.24, 2.45) is 0 Å².